The Morgan fingerprint density at radius 1 is 1.25 bits per heavy atom. The average Bonchev–Trinajstić information content (AvgIpc) is 2.26. The SMILES string of the molecule is CC(C)N(C)C(=O)CNCCCCCCO. The molecule has 16 heavy (non-hydrogen) atoms. The highest BCUT2D eigenvalue weighted by atomic mass is 16.2. The molecule has 0 rings (SSSR count). The highest BCUT2D eigenvalue weighted by Crippen LogP contribution is 1.97. The molecule has 0 heterocycles. The van der Waals surface area contributed by atoms with Crippen LogP contribution in [-0.2, 0) is 4.79 Å². The number of hydrogen-bond acceptors (Lipinski definition) is 3. The van der Waals surface area contributed by atoms with Crippen molar-refractivity contribution in [1.29, 1.82) is 0 Å². The molecule has 0 radical (unpaired) electrons. The van der Waals surface area contributed by atoms with Gasteiger partial charge < -0.3 is 15.3 Å². The normalized spacial score (nSPS) is 10.8. The fourth-order valence-corrected chi connectivity index (χ4v) is 1.32. The van der Waals surface area contributed by atoms with Crippen LogP contribution in [0.25, 0.3) is 0 Å². The van der Waals surface area contributed by atoms with E-state index in [9.17, 15) is 4.79 Å². The van der Waals surface area contributed by atoms with Gasteiger partial charge in [0.05, 0.1) is 6.54 Å². The minimum absolute atomic E-state index is 0.144. The topological polar surface area (TPSA) is 52.6 Å². The van der Waals surface area contributed by atoms with E-state index >= 15 is 0 Å². The van der Waals surface area contributed by atoms with Crippen molar-refractivity contribution in [2.45, 2.75) is 45.6 Å². The molecule has 0 aromatic heterocycles. The monoisotopic (exact) mass is 230 g/mol. The summed E-state index contributed by atoms with van der Waals surface area (Å²) in [5.74, 6) is 0.144. The van der Waals surface area contributed by atoms with Crippen molar-refractivity contribution >= 4 is 5.91 Å². The molecule has 0 aliphatic carbocycles. The van der Waals surface area contributed by atoms with Crippen molar-refractivity contribution < 1.29 is 9.90 Å². The van der Waals surface area contributed by atoms with Crippen LogP contribution in [0.5, 0.6) is 0 Å². The van der Waals surface area contributed by atoms with Gasteiger partial charge in [0, 0.05) is 19.7 Å². The average molecular weight is 230 g/mol. The predicted molar refractivity (Wildman–Crippen MR) is 66.3 cm³/mol. The van der Waals surface area contributed by atoms with Gasteiger partial charge in [-0.05, 0) is 33.2 Å². The van der Waals surface area contributed by atoms with Crippen LogP contribution in [0.3, 0.4) is 0 Å². The minimum Gasteiger partial charge on any atom is -0.396 e. The molecular formula is C12H26N2O2. The molecule has 96 valence electrons. The molecule has 0 aliphatic heterocycles. The molecule has 0 saturated heterocycles. The maximum Gasteiger partial charge on any atom is 0.236 e. The lowest BCUT2D eigenvalue weighted by Crippen LogP contribution is -2.39. The summed E-state index contributed by atoms with van der Waals surface area (Å²) in [6, 6.07) is 0.263. The second-order valence-corrected chi connectivity index (χ2v) is 4.41. The minimum atomic E-state index is 0.144. The lowest BCUT2D eigenvalue weighted by molar-refractivity contribution is -0.130. The largest absolute Gasteiger partial charge is 0.396 e. The molecule has 2 N–H and O–H groups in total. The van der Waals surface area contributed by atoms with E-state index in [0.29, 0.717) is 6.54 Å². The smallest absolute Gasteiger partial charge is 0.236 e. The number of carbonyl (C=O) groups is 1. The van der Waals surface area contributed by atoms with Crippen LogP contribution in [0.15, 0.2) is 0 Å². The third-order valence-electron chi connectivity index (χ3n) is 2.71. The molecule has 0 aromatic carbocycles. The first kappa shape index (κ1) is 15.4. The van der Waals surface area contributed by atoms with Gasteiger partial charge in [0.2, 0.25) is 5.91 Å². The number of aliphatic hydroxyl groups is 1. The number of unbranched alkanes of at least 4 members (excludes halogenated alkanes) is 3. The second kappa shape index (κ2) is 9.60. The van der Waals surface area contributed by atoms with Crippen molar-refractivity contribution in [2.75, 3.05) is 26.7 Å². The van der Waals surface area contributed by atoms with Gasteiger partial charge in [-0.1, -0.05) is 12.8 Å². The van der Waals surface area contributed by atoms with Gasteiger partial charge in [-0.15, -0.1) is 0 Å². The molecule has 0 aliphatic rings. The first-order chi connectivity index (χ1) is 7.59. The van der Waals surface area contributed by atoms with Gasteiger partial charge in [0.25, 0.3) is 0 Å². The number of hydrogen-bond donors (Lipinski definition) is 2. The number of nitrogens with zero attached hydrogens (tertiary/aromatic N) is 1. The molecule has 0 aromatic rings. The molecule has 0 saturated carbocycles. The van der Waals surface area contributed by atoms with Gasteiger partial charge in [-0.25, -0.2) is 0 Å². The van der Waals surface area contributed by atoms with Gasteiger partial charge in [0.1, 0.15) is 0 Å². The Bertz CT molecular complexity index is 184. The van der Waals surface area contributed by atoms with E-state index in [0.717, 1.165) is 32.2 Å². The summed E-state index contributed by atoms with van der Waals surface area (Å²) in [4.78, 5) is 13.3. The van der Waals surface area contributed by atoms with Crippen LogP contribution in [-0.4, -0.2) is 48.7 Å². The molecule has 0 bridgehead atoms. The summed E-state index contributed by atoms with van der Waals surface area (Å²) in [6.07, 6.45) is 4.13. The summed E-state index contributed by atoms with van der Waals surface area (Å²) in [5, 5.41) is 11.7. The third kappa shape index (κ3) is 7.65. The number of nitrogens with one attached hydrogen (secondary N) is 1. The molecule has 4 nitrogen and oxygen atoms in total. The van der Waals surface area contributed by atoms with Crippen molar-refractivity contribution in [3.8, 4) is 0 Å². The van der Waals surface area contributed by atoms with Crippen LogP contribution in [0, 0.1) is 0 Å². The Morgan fingerprint density at radius 2 is 1.88 bits per heavy atom. The number of rotatable bonds is 9. The summed E-state index contributed by atoms with van der Waals surface area (Å²) in [5.41, 5.74) is 0. The Morgan fingerprint density at radius 3 is 2.44 bits per heavy atom. The second-order valence-electron chi connectivity index (χ2n) is 4.41. The fourth-order valence-electron chi connectivity index (χ4n) is 1.32. The van der Waals surface area contributed by atoms with Crippen molar-refractivity contribution in [1.82, 2.24) is 10.2 Å². The van der Waals surface area contributed by atoms with Crippen LogP contribution in [0.1, 0.15) is 39.5 Å². The molecule has 0 spiro atoms. The van der Waals surface area contributed by atoms with Crippen LogP contribution in [0.2, 0.25) is 0 Å². The van der Waals surface area contributed by atoms with Crippen LogP contribution < -0.4 is 5.32 Å². The lowest BCUT2D eigenvalue weighted by atomic mass is 10.2. The number of carbonyl (C=O) groups excluding carboxylic acids is 1. The summed E-state index contributed by atoms with van der Waals surface area (Å²) >= 11 is 0. The Hall–Kier alpha value is -0.610. The van der Waals surface area contributed by atoms with Crippen LogP contribution >= 0.6 is 0 Å². The maximum atomic E-state index is 11.6. The zero-order valence-electron chi connectivity index (χ0n) is 10.8. The Labute approximate surface area is 99.0 Å². The quantitative estimate of drug-likeness (QED) is 0.581. The molecule has 4 heteroatoms. The molecule has 0 atom stereocenters. The molecule has 1 amide bonds. The zero-order chi connectivity index (χ0) is 12.4. The fraction of sp³-hybridized carbons (Fsp3) is 0.917. The van der Waals surface area contributed by atoms with Crippen molar-refractivity contribution in [2.24, 2.45) is 0 Å². The van der Waals surface area contributed by atoms with Gasteiger partial charge in [-0.3, -0.25) is 4.79 Å². The first-order valence-corrected chi connectivity index (χ1v) is 6.16. The summed E-state index contributed by atoms with van der Waals surface area (Å²) < 4.78 is 0. The molecule has 0 fully saturated rings. The van der Waals surface area contributed by atoms with E-state index < -0.39 is 0 Å². The highest BCUT2D eigenvalue weighted by molar-refractivity contribution is 5.78. The van der Waals surface area contributed by atoms with E-state index in [1.54, 1.807) is 4.90 Å². The van der Waals surface area contributed by atoms with Crippen LogP contribution in [0.4, 0.5) is 0 Å². The van der Waals surface area contributed by atoms with Gasteiger partial charge >= 0.3 is 0 Å². The lowest BCUT2D eigenvalue weighted by Gasteiger charge is -2.21. The van der Waals surface area contributed by atoms with E-state index in [1.807, 2.05) is 20.9 Å². The summed E-state index contributed by atoms with van der Waals surface area (Å²) in [6.45, 7) is 5.60. The standard InChI is InChI=1S/C12H26N2O2/c1-11(2)14(3)12(16)10-13-8-6-4-5-7-9-15/h11,13,15H,4-10H2,1-3H3. The van der Waals surface area contributed by atoms with Crippen molar-refractivity contribution in [3.63, 3.8) is 0 Å². The van der Waals surface area contributed by atoms with E-state index in [4.69, 9.17) is 5.11 Å². The number of amides is 1. The molecule has 0 unspecified atom stereocenters. The van der Waals surface area contributed by atoms with Gasteiger partial charge in [0.15, 0.2) is 0 Å². The zero-order valence-corrected chi connectivity index (χ0v) is 10.8. The van der Waals surface area contributed by atoms with E-state index in [-0.39, 0.29) is 18.6 Å². The maximum absolute atomic E-state index is 11.6. The third-order valence-corrected chi connectivity index (χ3v) is 2.71. The number of likely N-dealkylation sites (N-methyl/N-ethyl adjacent to an activating group) is 1. The predicted octanol–water partition coefficient (Wildman–Crippen LogP) is 0.995. The van der Waals surface area contributed by atoms with Gasteiger partial charge in [-0.2, -0.15) is 0 Å². The number of aliphatic hydroxyl groups excluding tert-OH is 1. The Balaban J connectivity index is 3.34. The Kier molecular flexibility index (Phi) is 9.24. The first-order valence-electron chi connectivity index (χ1n) is 6.16. The van der Waals surface area contributed by atoms with Crippen molar-refractivity contribution in [3.05, 3.63) is 0 Å². The summed E-state index contributed by atoms with van der Waals surface area (Å²) in [7, 11) is 1.83. The van der Waals surface area contributed by atoms with E-state index in [2.05, 4.69) is 5.32 Å². The highest BCUT2D eigenvalue weighted by Gasteiger charge is 2.10. The molecular weight excluding hydrogens is 204 g/mol. The van der Waals surface area contributed by atoms with E-state index in [1.165, 1.54) is 0 Å².